The molecular weight excluding hydrogens is 436 g/mol. The molecule has 0 unspecified atom stereocenters. The largest absolute Gasteiger partial charge is 0.345 e. The van der Waals surface area contributed by atoms with Crippen LogP contribution in [0.4, 0.5) is 10.3 Å². The van der Waals surface area contributed by atoms with E-state index in [1.54, 1.807) is 40.9 Å². The quantitative estimate of drug-likeness (QED) is 0.457. The van der Waals surface area contributed by atoms with Gasteiger partial charge in [0, 0.05) is 32.4 Å². The van der Waals surface area contributed by atoms with Crippen molar-refractivity contribution in [1.82, 2.24) is 9.97 Å². The van der Waals surface area contributed by atoms with Crippen LogP contribution in [0.2, 0.25) is 0 Å². The average molecular weight is 459 g/mol. The molecule has 0 spiro atoms. The van der Waals surface area contributed by atoms with E-state index in [4.69, 9.17) is 9.97 Å². The molecule has 5 rings (SSSR count). The van der Waals surface area contributed by atoms with Crippen molar-refractivity contribution in [3.63, 3.8) is 0 Å². The minimum atomic E-state index is -3.21. The zero-order valence-corrected chi connectivity index (χ0v) is 19.5. The lowest BCUT2D eigenvalue weighted by Crippen LogP contribution is -2.46. The Balaban J connectivity index is 1.35. The van der Waals surface area contributed by atoms with E-state index in [0.717, 1.165) is 52.2 Å². The van der Waals surface area contributed by atoms with E-state index >= 15 is 0 Å². The van der Waals surface area contributed by atoms with Gasteiger partial charge in [0.25, 0.3) is 0 Å². The Morgan fingerprint density at radius 3 is 2.17 bits per heavy atom. The van der Waals surface area contributed by atoms with Gasteiger partial charge in [-0.05, 0) is 49.2 Å². The number of fused-ring (bicyclic) bond motifs is 2. The molecule has 0 N–H and O–H groups in total. The summed E-state index contributed by atoms with van der Waals surface area (Å²) in [5.41, 5.74) is 4.50. The van der Waals surface area contributed by atoms with Crippen molar-refractivity contribution < 1.29 is 8.42 Å². The summed E-state index contributed by atoms with van der Waals surface area (Å²) < 4.78 is 25.8. The number of thiazole rings is 2. The minimum Gasteiger partial charge on any atom is -0.345 e. The smallest absolute Gasteiger partial charge is 0.186 e. The second kappa shape index (κ2) is 7.18. The average Bonchev–Trinajstić information content (AvgIpc) is 3.34. The third-order valence-electron chi connectivity index (χ3n) is 5.67. The van der Waals surface area contributed by atoms with Crippen LogP contribution >= 0.6 is 22.7 Å². The third-order valence-corrected chi connectivity index (χ3v) is 8.94. The lowest BCUT2D eigenvalue weighted by Gasteiger charge is -2.34. The highest BCUT2D eigenvalue weighted by Crippen LogP contribution is 2.34. The molecule has 1 aliphatic heterocycles. The number of nitrogens with zero attached hydrogens (tertiary/aromatic N) is 4. The maximum absolute atomic E-state index is 11.8. The van der Waals surface area contributed by atoms with Crippen molar-refractivity contribution in [3.8, 4) is 0 Å². The molecule has 1 fully saturated rings. The van der Waals surface area contributed by atoms with Crippen molar-refractivity contribution in [2.24, 2.45) is 0 Å². The lowest BCUT2D eigenvalue weighted by molar-refractivity contribution is 0.602. The molecule has 0 radical (unpaired) electrons. The van der Waals surface area contributed by atoms with E-state index < -0.39 is 9.84 Å². The van der Waals surface area contributed by atoms with Crippen LogP contribution < -0.4 is 9.80 Å². The molecule has 3 heterocycles. The van der Waals surface area contributed by atoms with E-state index in [2.05, 4.69) is 35.8 Å². The predicted molar refractivity (Wildman–Crippen MR) is 126 cm³/mol. The van der Waals surface area contributed by atoms with Gasteiger partial charge in [0.05, 0.1) is 25.3 Å². The van der Waals surface area contributed by atoms with Crippen molar-refractivity contribution in [2.75, 3.05) is 42.2 Å². The van der Waals surface area contributed by atoms with Crippen LogP contribution in [0, 0.1) is 13.8 Å². The van der Waals surface area contributed by atoms with Gasteiger partial charge in [0.15, 0.2) is 20.1 Å². The molecule has 30 heavy (non-hydrogen) atoms. The monoisotopic (exact) mass is 458 g/mol. The van der Waals surface area contributed by atoms with E-state index in [-0.39, 0.29) is 0 Å². The Labute approximate surface area is 183 Å². The highest BCUT2D eigenvalue weighted by molar-refractivity contribution is 7.90. The molecule has 156 valence electrons. The molecule has 9 heteroatoms. The van der Waals surface area contributed by atoms with Gasteiger partial charge in [-0.1, -0.05) is 28.7 Å². The number of piperazine rings is 1. The fourth-order valence-corrected chi connectivity index (χ4v) is 6.55. The summed E-state index contributed by atoms with van der Waals surface area (Å²) >= 11 is 3.32. The van der Waals surface area contributed by atoms with Gasteiger partial charge in [-0.3, -0.25) is 0 Å². The van der Waals surface area contributed by atoms with Gasteiger partial charge in [-0.2, -0.15) is 0 Å². The van der Waals surface area contributed by atoms with Gasteiger partial charge >= 0.3 is 0 Å². The maximum atomic E-state index is 11.8. The van der Waals surface area contributed by atoms with Gasteiger partial charge in [0.1, 0.15) is 0 Å². The van der Waals surface area contributed by atoms with Crippen LogP contribution in [0.15, 0.2) is 35.2 Å². The Morgan fingerprint density at radius 2 is 1.50 bits per heavy atom. The Morgan fingerprint density at radius 1 is 0.867 bits per heavy atom. The van der Waals surface area contributed by atoms with Crippen molar-refractivity contribution >= 4 is 63.2 Å². The summed E-state index contributed by atoms with van der Waals surface area (Å²) in [6, 6.07) is 9.50. The highest BCUT2D eigenvalue weighted by Gasteiger charge is 2.23. The van der Waals surface area contributed by atoms with Crippen LogP contribution in [0.1, 0.15) is 11.1 Å². The Bertz CT molecular complexity index is 1370. The van der Waals surface area contributed by atoms with Crippen molar-refractivity contribution in [2.45, 2.75) is 18.7 Å². The number of sulfone groups is 1. The molecular formula is C21H22N4O2S3. The molecule has 0 aliphatic carbocycles. The summed E-state index contributed by atoms with van der Waals surface area (Å²) in [6.07, 6.45) is 1.24. The Kier molecular flexibility index (Phi) is 4.72. The summed E-state index contributed by atoms with van der Waals surface area (Å²) in [4.78, 5) is 14.6. The van der Waals surface area contributed by atoms with Crippen LogP contribution in [0.25, 0.3) is 20.4 Å². The summed E-state index contributed by atoms with van der Waals surface area (Å²) in [5, 5.41) is 2.03. The molecule has 2 aromatic heterocycles. The van der Waals surface area contributed by atoms with E-state index in [9.17, 15) is 8.42 Å². The van der Waals surface area contributed by atoms with Crippen LogP contribution in [0.3, 0.4) is 0 Å². The first kappa shape index (κ1) is 19.7. The van der Waals surface area contributed by atoms with Crippen LogP contribution in [0.5, 0.6) is 0 Å². The first-order chi connectivity index (χ1) is 14.3. The number of aromatic nitrogens is 2. The van der Waals surface area contributed by atoms with Gasteiger partial charge in [-0.25, -0.2) is 18.4 Å². The van der Waals surface area contributed by atoms with Crippen LogP contribution in [-0.2, 0) is 9.84 Å². The molecule has 0 atom stereocenters. The number of hydrogen-bond donors (Lipinski definition) is 0. The molecule has 6 nitrogen and oxygen atoms in total. The van der Waals surface area contributed by atoms with Crippen molar-refractivity contribution in [3.05, 3.63) is 41.5 Å². The summed E-state index contributed by atoms with van der Waals surface area (Å²) in [7, 11) is -3.21. The topological polar surface area (TPSA) is 66.4 Å². The third kappa shape index (κ3) is 3.44. The van der Waals surface area contributed by atoms with Gasteiger partial charge < -0.3 is 9.80 Å². The number of benzene rings is 2. The molecule has 0 saturated carbocycles. The van der Waals surface area contributed by atoms with Crippen molar-refractivity contribution in [1.29, 1.82) is 0 Å². The standard InChI is InChI=1S/C21H22N4O2S3/c1-13-4-7-17-19(14(13)2)23-21(28-17)25-10-8-24(9-11-25)20-22-16-6-5-15(30(3,26)27)12-18(16)29-20/h4-7,12H,8-11H2,1-3H3. The maximum Gasteiger partial charge on any atom is 0.186 e. The first-order valence-corrected chi connectivity index (χ1v) is 13.3. The molecule has 2 aromatic carbocycles. The number of hydrogen-bond acceptors (Lipinski definition) is 8. The van der Waals surface area contributed by atoms with Gasteiger partial charge in [0.2, 0.25) is 0 Å². The summed E-state index contributed by atoms with van der Waals surface area (Å²) in [6.45, 7) is 7.79. The number of rotatable bonds is 3. The molecule has 0 amide bonds. The molecule has 1 aliphatic rings. The first-order valence-electron chi connectivity index (χ1n) is 9.77. The summed E-state index contributed by atoms with van der Waals surface area (Å²) in [5.74, 6) is 0. The Hall–Kier alpha value is -2.23. The highest BCUT2D eigenvalue weighted by atomic mass is 32.2. The van der Waals surface area contributed by atoms with E-state index in [1.165, 1.54) is 22.1 Å². The molecule has 0 bridgehead atoms. The van der Waals surface area contributed by atoms with Crippen LogP contribution in [-0.4, -0.2) is 50.8 Å². The minimum absolute atomic E-state index is 0.344. The second-order valence-electron chi connectivity index (χ2n) is 7.72. The SMILES string of the molecule is Cc1ccc2sc(N3CCN(c4nc5ccc(S(C)(=O)=O)cc5s4)CC3)nc2c1C. The zero-order chi connectivity index (χ0) is 21.0. The van der Waals surface area contributed by atoms with Gasteiger partial charge in [-0.15, -0.1) is 0 Å². The molecule has 1 saturated heterocycles. The fourth-order valence-electron chi connectivity index (χ4n) is 3.70. The normalized spacial score (nSPS) is 15.4. The second-order valence-corrected chi connectivity index (χ2v) is 11.8. The molecule has 4 aromatic rings. The fraction of sp³-hybridized carbons (Fsp3) is 0.333. The van der Waals surface area contributed by atoms with E-state index in [0.29, 0.717) is 4.90 Å². The number of aryl methyl sites for hydroxylation is 2. The number of anilines is 2. The predicted octanol–water partition coefficient (Wildman–Crippen LogP) is 4.25. The van der Waals surface area contributed by atoms with E-state index in [1.807, 2.05) is 0 Å². The lowest BCUT2D eigenvalue weighted by atomic mass is 10.1. The zero-order valence-electron chi connectivity index (χ0n) is 17.0.